The molecule has 0 spiro atoms. The Bertz CT molecular complexity index is 1200. The smallest absolute Gasteiger partial charge is 0.306 e. The van der Waals surface area contributed by atoms with Crippen molar-refractivity contribution in [2.45, 2.75) is 322 Å². The van der Waals surface area contributed by atoms with Gasteiger partial charge in [-0.25, -0.2) is 0 Å². The molecule has 0 aliphatic carbocycles. The largest absolute Gasteiger partial charge is 0.462 e. The number of carbonyl (C=O) groups is 3. The van der Waals surface area contributed by atoms with Gasteiger partial charge in [0.25, 0.3) is 0 Å². The van der Waals surface area contributed by atoms with Crippen LogP contribution in [0.2, 0.25) is 0 Å². The number of hydrogen-bond acceptors (Lipinski definition) is 6. The normalized spacial score (nSPS) is 12.3. The topological polar surface area (TPSA) is 78.9 Å². The zero-order chi connectivity index (χ0) is 50.0. The van der Waals surface area contributed by atoms with E-state index in [9.17, 15) is 14.4 Å². The highest BCUT2D eigenvalue weighted by Gasteiger charge is 2.19. The van der Waals surface area contributed by atoms with Crippen molar-refractivity contribution >= 4 is 17.9 Å². The van der Waals surface area contributed by atoms with Gasteiger partial charge in [0.1, 0.15) is 13.2 Å². The number of allylic oxidation sites excluding steroid dienone is 8. The molecule has 0 aromatic carbocycles. The van der Waals surface area contributed by atoms with Crippen molar-refractivity contribution < 1.29 is 28.6 Å². The van der Waals surface area contributed by atoms with Crippen molar-refractivity contribution in [2.75, 3.05) is 13.2 Å². The number of unbranched alkanes of at least 4 members (excludes halogenated alkanes) is 36. The summed E-state index contributed by atoms with van der Waals surface area (Å²) in [5.74, 6) is -0.875. The van der Waals surface area contributed by atoms with Crippen LogP contribution in [0.4, 0.5) is 0 Å². The molecular formula is C63H114O6. The molecule has 0 amide bonds. The fourth-order valence-corrected chi connectivity index (χ4v) is 8.74. The summed E-state index contributed by atoms with van der Waals surface area (Å²) in [4.78, 5) is 37.9. The van der Waals surface area contributed by atoms with Gasteiger partial charge in [0.15, 0.2) is 6.10 Å². The molecule has 402 valence electrons. The molecule has 0 rings (SSSR count). The Labute approximate surface area is 428 Å². The molecule has 6 heteroatoms. The molecule has 1 unspecified atom stereocenters. The van der Waals surface area contributed by atoms with Gasteiger partial charge in [-0.15, -0.1) is 0 Å². The van der Waals surface area contributed by atoms with Crippen LogP contribution in [0.5, 0.6) is 0 Å². The lowest BCUT2D eigenvalue weighted by molar-refractivity contribution is -0.167. The van der Waals surface area contributed by atoms with Crippen LogP contribution in [-0.4, -0.2) is 37.2 Å². The fourth-order valence-electron chi connectivity index (χ4n) is 8.74. The van der Waals surface area contributed by atoms with Crippen molar-refractivity contribution in [1.82, 2.24) is 0 Å². The Morgan fingerprint density at radius 2 is 0.522 bits per heavy atom. The lowest BCUT2D eigenvalue weighted by atomic mass is 10.0. The van der Waals surface area contributed by atoms with Gasteiger partial charge in [0.2, 0.25) is 0 Å². The van der Waals surface area contributed by atoms with Gasteiger partial charge in [0, 0.05) is 19.3 Å². The van der Waals surface area contributed by atoms with Crippen LogP contribution in [0.3, 0.4) is 0 Å². The van der Waals surface area contributed by atoms with Gasteiger partial charge in [-0.2, -0.15) is 0 Å². The molecule has 69 heavy (non-hydrogen) atoms. The quantitative estimate of drug-likeness (QED) is 0.0262. The predicted octanol–water partition coefficient (Wildman–Crippen LogP) is 20.2. The van der Waals surface area contributed by atoms with Gasteiger partial charge in [-0.3, -0.25) is 14.4 Å². The summed E-state index contributed by atoms with van der Waals surface area (Å²) < 4.78 is 16.8. The number of esters is 3. The molecule has 0 saturated heterocycles. The van der Waals surface area contributed by atoms with E-state index in [-0.39, 0.29) is 31.1 Å². The molecular weight excluding hydrogens is 853 g/mol. The maximum Gasteiger partial charge on any atom is 0.306 e. The van der Waals surface area contributed by atoms with Gasteiger partial charge >= 0.3 is 17.9 Å². The van der Waals surface area contributed by atoms with Crippen molar-refractivity contribution in [2.24, 2.45) is 0 Å². The Kier molecular flexibility index (Phi) is 55.7. The zero-order valence-corrected chi connectivity index (χ0v) is 46.1. The summed E-state index contributed by atoms with van der Waals surface area (Å²) in [5.41, 5.74) is 0. The highest BCUT2D eigenvalue weighted by molar-refractivity contribution is 5.71. The van der Waals surface area contributed by atoms with Crippen LogP contribution >= 0.6 is 0 Å². The monoisotopic (exact) mass is 967 g/mol. The second kappa shape index (κ2) is 57.9. The number of ether oxygens (including phenoxy) is 3. The Morgan fingerprint density at radius 1 is 0.290 bits per heavy atom. The van der Waals surface area contributed by atoms with Crippen molar-refractivity contribution in [3.63, 3.8) is 0 Å². The molecule has 0 saturated carbocycles. The molecule has 0 bridgehead atoms. The van der Waals surface area contributed by atoms with Gasteiger partial charge in [0.05, 0.1) is 0 Å². The highest BCUT2D eigenvalue weighted by atomic mass is 16.6. The maximum absolute atomic E-state index is 12.8. The van der Waals surface area contributed by atoms with Crippen molar-refractivity contribution in [3.05, 3.63) is 48.6 Å². The van der Waals surface area contributed by atoms with E-state index in [0.717, 1.165) is 77.0 Å². The van der Waals surface area contributed by atoms with Crippen LogP contribution in [0.1, 0.15) is 316 Å². The summed E-state index contributed by atoms with van der Waals surface area (Å²) >= 11 is 0. The minimum Gasteiger partial charge on any atom is -0.462 e. The fraction of sp³-hybridized carbons (Fsp3) is 0.825. The molecule has 1 atom stereocenters. The highest BCUT2D eigenvalue weighted by Crippen LogP contribution is 2.16. The first kappa shape index (κ1) is 66.4. The molecule has 0 N–H and O–H groups in total. The second-order valence-corrected chi connectivity index (χ2v) is 20.3. The minimum atomic E-state index is -0.772. The van der Waals surface area contributed by atoms with Crippen molar-refractivity contribution in [3.8, 4) is 0 Å². The second-order valence-electron chi connectivity index (χ2n) is 20.3. The third kappa shape index (κ3) is 56.2. The van der Waals surface area contributed by atoms with E-state index in [4.69, 9.17) is 14.2 Å². The van der Waals surface area contributed by atoms with E-state index >= 15 is 0 Å². The van der Waals surface area contributed by atoms with Gasteiger partial charge < -0.3 is 14.2 Å². The lowest BCUT2D eigenvalue weighted by Crippen LogP contribution is -2.30. The molecule has 0 radical (unpaired) electrons. The van der Waals surface area contributed by atoms with Gasteiger partial charge in [-0.05, 0) is 83.5 Å². The SMILES string of the molecule is CCCCC/C=C\CCCCCCCC(=O)OC(COC(=O)CCCCCCCCCC)COC(=O)CCCCCCCCCCCCCCCCCC/C=C\C/C=C\C/C=C\CCCCCCC. The minimum absolute atomic E-state index is 0.0730. The van der Waals surface area contributed by atoms with Crippen LogP contribution in [0.25, 0.3) is 0 Å². The van der Waals surface area contributed by atoms with E-state index in [1.54, 1.807) is 0 Å². The first-order valence-electron chi connectivity index (χ1n) is 30.1. The molecule has 0 aliphatic heterocycles. The average Bonchev–Trinajstić information content (AvgIpc) is 3.35. The molecule has 0 aliphatic rings. The molecule has 0 heterocycles. The molecule has 0 aromatic rings. The average molecular weight is 968 g/mol. The van der Waals surface area contributed by atoms with Crippen LogP contribution in [-0.2, 0) is 28.6 Å². The number of carbonyl (C=O) groups excluding carboxylic acids is 3. The van der Waals surface area contributed by atoms with Crippen LogP contribution in [0, 0.1) is 0 Å². The molecule has 0 fully saturated rings. The Morgan fingerprint density at radius 3 is 0.855 bits per heavy atom. The Balaban J connectivity index is 4.01. The first-order valence-corrected chi connectivity index (χ1v) is 30.1. The summed E-state index contributed by atoms with van der Waals surface area (Å²) in [5, 5.41) is 0. The lowest BCUT2D eigenvalue weighted by Gasteiger charge is -2.18. The van der Waals surface area contributed by atoms with E-state index in [2.05, 4.69) is 69.4 Å². The zero-order valence-electron chi connectivity index (χ0n) is 46.1. The van der Waals surface area contributed by atoms with Crippen molar-refractivity contribution in [1.29, 1.82) is 0 Å². The Hall–Kier alpha value is -2.63. The predicted molar refractivity (Wildman–Crippen MR) is 298 cm³/mol. The molecule has 6 nitrogen and oxygen atoms in total. The summed E-state index contributed by atoms with van der Waals surface area (Å²) in [6.07, 6.45) is 71.4. The standard InChI is InChI=1S/C63H114O6/c1-4-7-10-13-16-19-21-23-24-25-26-27-28-29-30-31-32-33-34-35-36-37-38-39-40-41-43-44-47-50-53-56-62(65)68-59-60(58-67-61(64)55-52-49-46-18-15-12-9-6-3)69-63(66)57-54-51-48-45-42-22-20-17-14-11-8-5-2/h17,20-21,23,25-26,28-29,60H,4-16,18-19,22,24,27,30-59H2,1-3H3/b20-17-,23-21-,26-25-,29-28-. The summed E-state index contributed by atoms with van der Waals surface area (Å²) in [6, 6.07) is 0. The third-order valence-corrected chi connectivity index (χ3v) is 13.3. The van der Waals surface area contributed by atoms with E-state index < -0.39 is 6.10 Å². The number of hydrogen-bond donors (Lipinski definition) is 0. The maximum atomic E-state index is 12.8. The van der Waals surface area contributed by atoms with E-state index in [0.29, 0.717) is 19.3 Å². The van der Waals surface area contributed by atoms with Crippen LogP contribution < -0.4 is 0 Å². The van der Waals surface area contributed by atoms with E-state index in [1.807, 2.05) is 0 Å². The van der Waals surface area contributed by atoms with E-state index in [1.165, 1.54) is 199 Å². The third-order valence-electron chi connectivity index (χ3n) is 13.3. The first-order chi connectivity index (χ1) is 34.0. The van der Waals surface area contributed by atoms with Gasteiger partial charge in [-0.1, -0.05) is 262 Å². The number of rotatable bonds is 55. The summed E-state index contributed by atoms with van der Waals surface area (Å²) in [6.45, 7) is 6.59. The van der Waals surface area contributed by atoms with Crippen LogP contribution in [0.15, 0.2) is 48.6 Å². The molecule has 0 aromatic heterocycles. The summed E-state index contributed by atoms with van der Waals surface area (Å²) in [7, 11) is 0.